The third kappa shape index (κ3) is 6.41. The van der Waals surface area contributed by atoms with Gasteiger partial charge in [0.1, 0.15) is 6.10 Å². The lowest BCUT2D eigenvalue weighted by molar-refractivity contribution is -0.0132. The Balaban J connectivity index is 2.27. The van der Waals surface area contributed by atoms with E-state index in [0.717, 1.165) is 38.5 Å². The van der Waals surface area contributed by atoms with E-state index in [4.69, 9.17) is 4.74 Å². The summed E-state index contributed by atoms with van der Waals surface area (Å²) in [6.07, 6.45) is 1.36. The van der Waals surface area contributed by atoms with E-state index >= 15 is 0 Å². The number of hydrogen-bond donors (Lipinski definition) is 1. The first kappa shape index (κ1) is 16.5. The van der Waals surface area contributed by atoms with E-state index in [1.807, 2.05) is 0 Å². The van der Waals surface area contributed by atoms with Gasteiger partial charge in [-0.1, -0.05) is 13.5 Å². The van der Waals surface area contributed by atoms with Gasteiger partial charge in [-0.05, 0) is 47.0 Å². The molecule has 0 saturated carbocycles. The molecule has 1 aliphatic heterocycles. The molecule has 1 fully saturated rings. The molecule has 0 aromatic heterocycles. The van der Waals surface area contributed by atoms with Gasteiger partial charge in [0, 0.05) is 24.8 Å². The van der Waals surface area contributed by atoms with Crippen molar-refractivity contribution in [3.8, 4) is 0 Å². The van der Waals surface area contributed by atoms with Crippen molar-refractivity contribution in [1.29, 1.82) is 0 Å². The molecule has 112 valence electrons. The van der Waals surface area contributed by atoms with Crippen molar-refractivity contribution in [2.24, 2.45) is 0 Å². The fraction of sp³-hybridized carbons (Fsp3) is 0.867. The molecule has 1 atom stereocenters. The van der Waals surface area contributed by atoms with E-state index in [9.17, 15) is 0 Å². The number of nitrogens with zero attached hydrogens (tertiary/aromatic N) is 2. The van der Waals surface area contributed by atoms with Crippen LogP contribution in [0.3, 0.4) is 0 Å². The van der Waals surface area contributed by atoms with Crippen molar-refractivity contribution in [2.45, 2.75) is 39.3 Å². The highest BCUT2D eigenvalue weighted by atomic mass is 16.5. The fourth-order valence-electron chi connectivity index (χ4n) is 2.30. The van der Waals surface area contributed by atoms with E-state index < -0.39 is 0 Å². The van der Waals surface area contributed by atoms with Crippen LogP contribution in [0.5, 0.6) is 0 Å². The maximum Gasteiger partial charge on any atom is 0.109 e. The molecule has 1 heterocycles. The van der Waals surface area contributed by atoms with Crippen molar-refractivity contribution in [3.63, 3.8) is 0 Å². The molecule has 1 aliphatic rings. The minimum absolute atomic E-state index is 0.139. The van der Waals surface area contributed by atoms with Gasteiger partial charge in [0.05, 0.1) is 6.61 Å². The Bertz CT molecular complexity index is 268. The van der Waals surface area contributed by atoms with Gasteiger partial charge in [-0.15, -0.1) is 0 Å². The van der Waals surface area contributed by atoms with E-state index in [1.165, 1.54) is 13.0 Å². The van der Waals surface area contributed by atoms with Crippen molar-refractivity contribution in [2.75, 3.05) is 46.4 Å². The standard InChI is InChI=1S/C15H31N3O/c1-6-17(5)8-7-9-18-10-11-19-15(12-18)14(4)16-13(2)3/h13,15-16H,4,6-12H2,1-3,5H3/t15-/m0/s1. The van der Waals surface area contributed by atoms with Gasteiger partial charge >= 0.3 is 0 Å². The molecule has 19 heavy (non-hydrogen) atoms. The first-order valence-electron chi connectivity index (χ1n) is 7.50. The van der Waals surface area contributed by atoms with Gasteiger partial charge in [0.25, 0.3) is 0 Å². The minimum Gasteiger partial charge on any atom is -0.384 e. The molecule has 4 nitrogen and oxygen atoms in total. The highest BCUT2D eigenvalue weighted by molar-refractivity contribution is 5.03. The second-order valence-corrected chi connectivity index (χ2v) is 5.73. The third-order valence-electron chi connectivity index (χ3n) is 3.57. The molecular weight excluding hydrogens is 238 g/mol. The highest BCUT2D eigenvalue weighted by Crippen LogP contribution is 2.11. The first-order valence-corrected chi connectivity index (χ1v) is 7.50. The molecule has 1 rings (SSSR count). The molecule has 1 N–H and O–H groups in total. The van der Waals surface area contributed by atoms with Crippen LogP contribution >= 0.6 is 0 Å². The predicted octanol–water partition coefficient (Wildman–Crippen LogP) is 1.54. The van der Waals surface area contributed by atoms with Crippen molar-refractivity contribution in [1.82, 2.24) is 15.1 Å². The maximum absolute atomic E-state index is 5.81. The van der Waals surface area contributed by atoms with Crippen LogP contribution in [0.25, 0.3) is 0 Å². The quantitative estimate of drug-likeness (QED) is 0.723. The maximum atomic E-state index is 5.81. The molecule has 0 radical (unpaired) electrons. The average Bonchev–Trinajstić information content (AvgIpc) is 2.38. The predicted molar refractivity (Wildman–Crippen MR) is 81.4 cm³/mol. The lowest BCUT2D eigenvalue weighted by Crippen LogP contribution is -2.46. The Morgan fingerprint density at radius 1 is 1.53 bits per heavy atom. The van der Waals surface area contributed by atoms with Gasteiger partial charge in [-0.25, -0.2) is 0 Å². The minimum atomic E-state index is 0.139. The summed E-state index contributed by atoms with van der Waals surface area (Å²) in [5.74, 6) is 0. The van der Waals surface area contributed by atoms with Crippen LogP contribution in [-0.4, -0.2) is 68.3 Å². The van der Waals surface area contributed by atoms with E-state index in [2.05, 4.69) is 49.5 Å². The number of rotatable bonds is 8. The molecule has 0 unspecified atom stereocenters. The summed E-state index contributed by atoms with van der Waals surface area (Å²) >= 11 is 0. The molecule has 4 heteroatoms. The van der Waals surface area contributed by atoms with Gasteiger partial charge in [0.15, 0.2) is 0 Å². The zero-order valence-corrected chi connectivity index (χ0v) is 13.1. The Labute approximate surface area is 118 Å². The zero-order chi connectivity index (χ0) is 14.3. The summed E-state index contributed by atoms with van der Waals surface area (Å²) in [5, 5.41) is 3.36. The number of nitrogens with one attached hydrogen (secondary N) is 1. The van der Waals surface area contributed by atoms with Crippen LogP contribution in [0.15, 0.2) is 12.3 Å². The monoisotopic (exact) mass is 269 g/mol. The number of morpholine rings is 1. The molecule has 0 aromatic rings. The SMILES string of the molecule is C=C(NC(C)C)[C@@H]1CN(CCCN(C)CC)CCO1. The van der Waals surface area contributed by atoms with Crippen LogP contribution < -0.4 is 5.32 Å². The lowest BCUT2D eigenvalue weighted by Gasteiger charge is -2.34. The second-order valence-electron chi connectivity index (χ2n) is 5.73. The van der Waals surface area contributed by atoms with E-state index in [0.29, 0.717) is 6.04 Å². The van der Waals surface area contributed by atoms with E-state index in [1.54, 1.807) is 0 Å². The Hall–Kier alpha value is -0.580. The molecule has 0 bridgehead atoms. The fourth-order valence-corrected chi connectivity index (χ4v) is 2.30. The average molecular weight is 269 g/mol. The summed E-state index contributed by atoms with van der Waals surface area (Å²) in [7, 11) is 2.18. The van der Waals surface area contributed by atoms with Crippen molar-refractivity contribution in [3.05, 3.63) is 12.3 Å². The molecule has 0 aromatic carbocycles. The number of hydrogen-bond acceptors (Lipinski definition) is 4. The summed E-state index contributed by atoms with van der Waals surface area (Å²) in [5.41, 5.74) is 1.02. The topological polar surface area (TPSA) is 27.7 Å². The smallest absolute Gasteiger partial charge is 0.109 e. The van der Waals surface area contributed by atoms with Crippen LogP contribution in [0.1, 0.15) is 27.2 Å². The third-order valence-corrected chi connectivity index (χ3v) is 3.57. The van der Waals surface area contributed by atoms with Crippen LogP contribution in [0.4, 0.5) is 0 Å². The van der Waals surface area contributed by atoms with Crippen molar-refractivity contribution >= 4 is 0 Å². The normalized spacial score (nSPS) is 21.1. The zero-order valence-electron chi connectivity index (χ0n) is 13.1. The van der Waals surface area contributed by atoms with Gasteiger partial charge < -0.3 is 15.0 Å². The Morgan fingerprint density at radius 3 is 2.89 bits per heavy atom. The van der Waals surface area contributed by atoms with Gasteiger partial charge in [-0.2, -0.15) is 0 Å². The molecule has 1 saturated heterocycles. The Morgan fingerprint density at radius 2 is 2.26 bits per heavy atom. The largest absolute Gasteiger partial charge is 0.384 e. The Kier molecular flexibility index (Phi) is 7.42. The van der Waals surface area contributed by atoms with Crippen LogP contribution in [0, 0.1) is 0 Å². The van der Waals surface area contributed by atoms with Gasteiger partial charge in [-0.3, -0.25) is 4.90 Å². The summed E-state index contributed by atoms with van der Waals surface area (Å²) in [6.45, 7) is 16.8. The summed E-state index contributed by atoms with van der Waals surface area (Å²) < 4.78 is 5.81. The molecule has 0 amide bonds. The molecule has 0 spiro atoms. The highest BCUT2D eigenvalue weighted by Gasteiger charge is 2.22. The number of ether oxygens (including phenoxy) is 1. The summed E-state index contributed by atoms with van der Waals surface area (Å²) in [4.78, 5) is 4.85. The lowest BCUT2D eigenvalue weighted by atomic mass is 10.2. The second kappa shape index (κ2) is 8.56. The van der Waals surface area contributed by atoms with Crippen molar-refractivity contribution < 1.29 is 4.74 Å². The first-order chi connectivity index (χ1) is 9.02. The summed E-state index contributed by atoms with van der Waals surface area (Å²) in [6, 6.07) is 0.421. The van der Waals surface area contributed by atoms with Crippen LogP contribution in [0.2, 0.25) is 0 Å². The van der Waals surface area contributed by atoms with Crippen LogP contribution in [-0.2, 0) is 4.74 Å². The molecule has 0 aliphatic carbocycles. The molecular formula is C15H31N3O. The van der Waals surface area contributed by atoms with Gasteiger partial charge in [0.2, 0.25) is 0 Å². The van der Waals surface area contributed by atoms with E-state index in [-0.39, 0.29) is 6.10 Å².